The Morgan fingerprint density at radius 2 is 2.14 bits per heavy atom. The molecule has 0 N–H and O–H groups in total. The molecule has 7 heteroatoms. The van der Waals surface area contributed by atoms with Crippen molar-refractivity contribution in [3.8, 4) is 0 Å². The summed E-state index contributed by atoms with van der Waals surface area (Å²) in [5, 5.41) is 0. The fraction of sp³-hybridized carbons (Fsp3) is 0.500. The maximum absolute atomic E-state index is 12.1. The van der Waals surface area contributed by atoms with Gasteiger partial charge in [0.1, 0.15) is 6.61 Å². The number of rotatable bonds is 4. The molecule has 0 aromatic heterocycles. The lowest BCUT2D eigenvalue weighted by molar-refractivity contribution is 0.0160. The molecule has 21 heavy (non-hydrogen) atoms. The van der Waals surface area contributed by atoms with Crippen LogP contribution < -0.4 is 0 Å². The quantitative estimate of drug-likeness (QED) is 0.626. The van der Waals surface area contributed by atoms with Crippen LogP contribution in [0.15, 0.2) is 17.0 Å². The molecule has 1 atom stereocenters. The van der Waals surface area contributed by atoms with Crippen LogP contribution in [0, 0.1) is 13.8 Å². The van der Waals surface area contributed by atoms with Crippen molar-refractivity contribution in [2.45, 2.75) is 37.7 Å². The van der Waals surface area contributed by atoms with E-state index in [1.54, 1.807) is 13.8 Å². The molecule has 5 nitrogen and oxygen atoms in total. The number of carbonyl (C=O) groups is 1. The molecule has 2 rings (SSSR count). The number of hydrogen-bond donors (Lipinski definition) is 0. The van der Waals surface area contributed by atoms with Crippen LogP contribution >= 0.6 is 10.7 Å². The van der Waals surface area contributed by atoms with E-state index in [2.05, 4.69) is 0 Å². The van der Waals surface area contributed by atoms with Crippen LogP contribution in [0.1, 0.15) is 34.3 Å². The van der Waals surface area contributed by atoms with Crippen molar-refractivity contribution in [2.75, 3.05) is 13.2 Å². The molecule has 0 aliphatic carbocycles. The first-order chi connectivity index (χ1) is 9.79. The molecular weight excluding hydrogens is 316 g/mol. The summed E-state index contributed by atoms with van der Waals surface area (Å²) in [5.41, 5.74) is 1.56. The normalized spacial score (nSPS) is 18.7. The number of aryl methyl sites for hydroxylation is 1. The lowest BCUT2D eigenvalue weighted by Gasteiger charge is -2.13. The first-order valence-corrected chi connectivity index (χ1v) is 8.94. The molecule has 0 spiro atoms. The van der Waals surface area contributed by atoms with Gasteiger partial charge in [0.2, 0.25) is 0 Å². The monoisotopic (exact) mass is 332 g/mol. The molecule has 1 unspecified atom stereocenters. The Morgan fingerprint density at radius 3 is 2.71 bits per heavy atom. The average Bonchev–Trinajstić information content (AvgIpc) is 2.91. The highest BCUT2D eigenvalue weighted by atomic mass is 35.7. The van der Waals surface area contributed by atoms with Crippen LogP contribution in [-0.4, -0.2) is 33.7 Å². The van der Waals surface area contributed by atoms with Gasteiger partial charge in [-0.3, -0.25) is 0 Å². The van der Waals surface area contributed by atoms with Gasteiger partial charge in [0, 0.05) is 17.3 Å². The van der Waals surface area contributed by atoms with E-state index in [1.165, 1.54) is 12.1 Å². The number of ether oxygens (including phenoxy) is 2. The van der Waals surface area contributed by atoms with Crippen molar-refractivity contribution in [1.29, 1.82) is 0 Å². The second kappa shape index (κ2) is 6.34. The molecule has 0 amide bonds. The number of benzene rings is 1. The van der Waals surface area contributed by atoms with E-state index in [0.29, 0.717) is 17.7 Å². The van der Waals surface area contributed by atoms with Gasteiger partial charge in [-0.2, -0.15) is 0 Å². The summed E-state index contributed by atoms with van der Waals surface area (Å²) in [6.45, 7) is 4.32. The highest BCUT2D eigenvalue weighted by molar-refractivity contribution is 8.13. The maximum atomic E-state index is 12.1. The minimum absolute atomic E-state index is 0.0738. The minimum Gasteiger partial charge on any atom is -0.459 e. The first kappa shape index (κ1) is 16.3. The molecule has 0 saturated carbocycles. The number of halogens is 1. The van der Waals surface area contributed by atoms with Crippen molar-refractivity contribution in [3.63, 3.8) is 0 Å². The predicted molar refractivity (Wildman–Crippen MR) is 78.2 cm³/mol. The molecule has 1 saturated heterocycles. The minimum atomic E-state index is -3.89. The van der Waals surface area contributed by atoms with Crippen LogP contribution in [0.4, 0.5) is 0 Å². The van der Waals surface area contributed by atoms with E-state index in [4.69, 9.17) is 20.2 Å². The Labute approximate surface area is 128 Å². The standard InChI is InChI=1S/C14H17ClO5S/c1-9-6-12(21(15,17)18)7-13(10(9)2)14(16)20-8-11-4-3-5-19-11/h6-7,11H,3-5,8H2,1-2H3. The van der Waals surface area contributed by atoms with Crippen LogP contribution in [0.5, 0.6) is 0 Å². The Bertz CT molecular complexity index is 648. The first-order valence-electron chi connectivity index (χ1n) is 6.63. The average molecular weight is 333 g/mol. The highest BCUT2D eigenvalue weighted by Gasteiger charge is 2.21. The summed E-state index contributed by atoms with van der Waals surface area (Å²) < 4.78 is 33.5. The van der Waals surface area contributed by atoms with Crippen molar-refractivity contribution in [1.82, 2.24) is 0 Å². The van der Waals surface area contributed by atoms with E-state index in [-0.39, 0.29) is 23.2 Å². The third-order valence-corrected chi connectivity index (χ3v) is 4.90. The molecule has 116 valence electrons. The molecular formula is C14H17ClO5S. The summed E-state index contributed by atoms with van der Waals surface area (Å²) in [6, 6.07) is 2.69. The van der Waals surface area contributed by atoms with Gasteiger partial charge in [-0.25, -0.2) is 13.2 Å². The van der Waals surface area contributed by atoms with Gasteiger partial charge < -0.3 is 9.47 Å². The van der Waals surface area contributed by atoms with Crippen molar-refractivity contribution >= 4 is 25.7 Å². The summed E-state index contributed by atoms with van der Waals surface area (Å²) in [5.74, 6) is -0.562. The lowest BCUT2D eigenvalue weighted by atomic mass is 10.0. The maximum Gasteiger partial charge on any atom is 0.338 e. The third kappa shape index (κ3) is 3.96. The smallest absolute Gasteiger partial charge is 0.338 e. The molecule has 1 aromatic rings. The van der Waals surface area contributed by atoms with Gasteiger partial charge in [-0.05, 0) is 49.9 Å². The van der Waals surface area contributed by atoms with E-state index >= 15 is 0 Å². The van der Waals surface area contributed by atoms with Crippen molar-refractivity contribution < 1.29 is 22.7 Å². The molecule has 1 aliphatic rings. The SMILES string of the molecule is Cc1cc(S(=O)(=O)Cl)cc(C(=O)OCC2CCCO2)c1C. The Kier molecular flexibility index (Phi) is 4.91. The van der Waals surface area contributed by atoms with Crippen LogP contribution in [0.2, 0.25) is 0 Å². The van der Waals surface area contributed by atoms with Crippen molar-refractivity contribution in [2.24, 2.45) is 0 Å². The Morgan fingerprint density at radius 1 is 1.43 bits per heavy atom. The summed E-state index contributed by atoms with van der Waals surface area (Å²) in [6.07, 6.45) is 1.75. The summed E-state index contributed by atoms with van der Waals surface area (Å²) in [4.78, 5) is 12.0. The van der Waals surface area contributed by atoms with Crippen LogP contribution in [0.3, 0.4) is 0 Å². The Hall–Kier alpha value is -1.11. The number of carbonyl (C=O) groups excluding carboxylic acids is 1. The van der Waals surface area contributed by atoms with Gasteiger partial charge in [0.05, 0.1) is 16.6 Å². The van der Waals surface area contributed by atoms with Crippen LogP contribution in [0.25, 0.3) is 0 Å². The second-order valence-electron chi connectivity index (χ2n) is 5.08. The van der Waals surface area contributed by atoms with E-state index in [9.17, 15) is 13.2 Å². The summed E-state index contributed by atoms with van der Waals surface area (Å²) >= 11 is 0. The predicted octanol–water partition coefficient (Wildman–Crippen LogP) is 2.57. The topological polar surface area (TPSA) is 69.7 Å². The zero-order chi connectivity index (χ0) is 15.6. The number of hydrogen-bond acceptors (Lipinski definition) is 5. The number of esters is 1. The van der Waals surface area contributed by atoms with Gasteiger partial charge in [0.25, 0.3) is 9.05 Å². The van der Waals surface area contributed by atoms with Gasteiger partial charge >= 0.3 is 5.97 Å². The molecule has 1 aliphatic heterocycles. The molecule has 0 radical (unpaired) electrons. The second-order valence-corrected chi connectivity index (χ2v) is 7.65. The van der Waals surface area contributed by atoms with Crippen molar-refractivity contribution in [3.05, 3.63) is 28.8 Å². The highest BCUT2D eigenvalue weighted by Crippen LogP contribution is 2.23. The molecule has 1 heterocycles. The van der Waals surface area contributed by atoms with E-state index in [1.807, 2.05) is 0 Å². The van der Waals surface area contributed by atoms with E-state index < -0.39 is 15.0 Å². The lowest BCUT2D eigenvalue weighted by Crippen LogP contribution is -2.18. The third-order valence-electron chi connectivity index (χ3n) is 3.57. The van der Waals surface area contributed by atoms with Crippen LogP contribution in [-0.2, 0) is 18.5 Å². The molecule has 1 aromatic carbocycles. The fourth-order valence-electron chi connectivity index (χ4n) is 2.20. The van der Waals surface area contributed by atoms with Gasteiger partial charge in [-0.15, -0.1) is 0 Å². The zero-order valence-electron chi connectivity index (χ0n) is 11.9. The van der Waals surface area contributed by atoms with E-state index in [0.717, 1.165) is 12.8 Å². The summed E-state index contributed by atoms with van der Waals surface area (Å²) in [7, 11) is 1.45. The molecule has 1 fully saturated rings. The molecule has 0 bridgehead atoms. The zero-order valence-corrected chi connectivity index (χ0v) is 13.5. The van der Waals surface area contributed by atoms with Gasteiger partial charge in [-0.1, -0.05) is 0 Å². The fourth-order valence-corrected chi connectivity index (χ4v) is 3.04. The Balaban J connectivity index is 2.21. The largest absolute Gasteiger partial charge is 0.459 e. The van der Waals surface area contributed by atoms with Gasteiger partial charge in [0.15, 0.2) is 0 Å².